The van der Waals surface area contributed by atoms with Gasteiger partial charge in [-0.1, -0.05) is 36.7 Å². The topological polar surface area (TPSA) is 43.1 Å². The van der Waals surface area contributed by atoms with Crippen LogP contribution in [-0.4, -0.2) is 16.0 Å². The van der Waals surface area contributed by atoms with Gasteiger partial charge in [-0.3, -0.25) is 4.21 Å². The summed E-state index contributed by atoms with van der Waals surface area (Å²) < 4.78 is 12.1. The number of hydrogen-bond acceptors (Lipinski definition) is 2. The highest BCUT2D eigenvalue weighted by atomic mass is 35.5. The summed E-state index contributed by atoms with van der Waals surface area (Å²) in [7, 11) is -0.883. The van der Waals surface area contributed by atoms with Gasteiger partial charge < -0.3 is 5.73 Å². The Bertz CT molecular complexity index is 357. The third kappa shape index (κ3) is 3.89. The van der Waals surface area contributed by atoms with Gasteiger partial charge in [0.15, 0.2) is 0 Å². The van der Waals surface area contributed by atoms with Crippen molar-refractivity contribution in [1.82, 2.24) is 0 Å². The molecule has 1 aromatic rings. The predicted molar refractivity (Wildman–Crippen MR) is 71.0 cm³/mol. The second kappa shape index (κ2) is 7.05. The minimum Gasteiger partial charge on any atom is -0.330 e. The maximum absolute atomic E-state index is 12.1. The summed E-state index contributed by atoms with van der Waals surface area (Å²) in [6, 6.07) is 7.56. The summed E-state index contributed by atoms with van der Waals surface area (Å²) in [5.41, 5.74) is 6.46. The Labute approximate surface area is 105 Å². The molecule has 0 fully saturated rings. The average molecular weight is 260 g/mol. The first-order valence-electron chi connectivity index (χ1n) is 5.49. The Hall–Kier alpha value is -0.380. The third-order valence-corrected chi connectivity index (χ3v) is 4.85. The van der Waals surface area contributed by atoms with E-state index >= 15 is 0 Å². The number of halogens is 1. The molecule has 0 aliphatic carbocycles. The molecule has 0 aromatic heterocycles. The van der Waals surface area contributed by atoms with Crippen LogP contribution in [0.15, 0.2) is 24.3 Å². The van der Waals surface area contributed by atoms with E-state index in [1.165, 1.54) is 0 Å². The third-order valence-electron chi connectivity index (χ3n) is 2.57. The number of nitrogens with two attached hydrogens (primary N) is 1. The van der Waals surface area contributed by atoms with Gasteiger partial charge in [-0.25, -0.2) is 0 Å². The van der Waals surface area contributed by atoms with Crippen molar-refractivity contribution >= 4 is 22.4 Å². The van der Waals surface area contributed by atoms with Crippen molar-refractivity contribution in [2.24, 2.45) is 5.73 Å². The van der Waals surface area contributed by atoms with Crippen LogP contribution in [0.4, 0.5) is 0 Å². The molecule has 0 aliphatic heterocycles. The lowest BCUT2D eigenvalue weighted by Gasteiger charge is -2.13. The number of hydrogen-bond donors (Lipinski definition) is 1. The SMILES string of the molecule is CCC(CCN)S(=O)Cc1ccccc1Cl. The molecule has 1 aromatic carbocycles. The Morgan fingerprint density at radius 2 is 2.12 bits per heavy atom. The smallest absolute Gasteiger partial charge is 0.0503 e. The van der Waals surface area contributed by atoms with E-state index in [-0.39, 0.29) is 5.25 Å². The number of rotatable bonds is 6. The van der Waals surface area contributed by atoms with Crippen molar-refractivity contribution in [3.63, 3.8) is 0 Å². The monoisotopic (exact) mass is 259 g/mol. The zero-order valence-electron chi connectivity index (χ0n) is 9.49. The fourth-order valence-electron chi connectivity index (χ4n) is 1.59. The van der Waals surface area contributed by atoms with Crippen molar-refractivity contribution < 1.29 is 4.21 Å². The van der Waals surface area contributed by atoms with Crippen LogP contribution in [0.1, 0.15) is 25.3 Å². The summed E-state index contributed by atoms with van der Waals surface area (Å²) in [6.07, 6.45) is 1.71. The highest BCUT2D eigenvalue weighted by Crippen LogP contribution is 2.19. The number of benzene rings is 1. The maximum atomic E-state index is 12.1. The van der Waals surface area contributed by atoms with E-state index in [9.17, 15) is 4.21 Å². The van der Waals surface area contributed by atoms with Gasteiger partial charge in [0.2, 0.25) is 0 Å². The van der Waals surface area contributed by atoms with E-state index in [0.717, 1.165) is 18.4 Å². The van der Waals surface area contributed by atoms with Crippen LogP contribution in [0, 0.1) is 0 Å². The first-order valence-corrected chi connectivity index (χ1v) is 7.25. The molecule has 16 heavy (non-hydrogen) atoms. The molecule has 0 spiro atoms. The zero-order valence-corrected chi connectivity index (χ0v) is 11.1. The molecule has 0 bridgehead atoms. The predicted octanol–water partition coefficient (Wildman–Crippen LogP) is 2.72. The van der Waals surface area contributed by atoms with Crippen LogP contribution >= 0.6 is 11.6 Å². The molecule has 2 nitrogen and oxygen atoms in total. The fraction of sp³-hybridized carbons (Fsp3) is 0.500. The highest BCUT2D eigenvalue weighted by molar-refractivity contribution is 7.84. The van der Waals surface area contributed by atoms with Gasteiger partial charge in [-0.2, -0.15) is 0 Å². The van der Waals surface area contributed by atoms with Gasteiger partial charge in [-0.05, 0) is 31.0 Å². The first-order chi connectivity index (χ1) is 7.69. The van der Waals surface area contributed by atoms with Crippen LogP contribution in [-0.2, 0) is 16.6 Å². The summed E-state index contributed by atoms with van der Waals surface area (Å²) in [6.45, 7) is 2.64. The molecule has 90 valence electrons. The molecular weight excluding hydrogens is 242 g/mol. The van der Waals surface area contributed by atoms with Crippen LogP contribution in [0.5, 0.6) is 0 Å². The summed E-state index contributed by atoms with van der Waals surface area (Å²) in [5.74, 6) is 0.526. The fourth-order valence-corrected chi connectivity index (χ4v) is 3.44. The molecular formula is C12H18ClNOS. The normalized spacial score (nSPS) is 14.7. The van der Waals surface area contributed by atoms with Gasteiger partial charge in [-0.15, -0.1) is 0 Å². The van der Waals surface area contributed by atoms with Gasteiger partial charge in [0.25, 0.3) is 0 Å². The van der Waals surface area contributed by atoms with Gasteiger partial charge in [0, 0.05) is 21.1 Å². The van der Waals surface area contributed by atoms with E-state index in [2.05, 4.69) is 0 Å². The van der Waals surface area contributed by atoms with Crippen LogP contribution in [0.3, 0.4) is 0 Å². The largest absolute Gasteiger partial charge is 0.330 e. The quantitative estimate of drug-likeness (QED) is 0.854. The molecule has 0 saturated carbocycles. The molecule has 0 aliphatic rings. The Morgan fingerprint density at radius 1 is 1.44 bits per heavy atom. The van der Waals surface area contributed by atoms with Gasteiger partial charge >= 0.3 is 0 Å². The van der Waals surface area contributed by atoms with Crippen molar-refractivity contribution in [2.45, 2.75) is 30.8 Å². The van der Waals surface area contributed by atoms with E-state index in [1.54, 1.807) is 0 Å². The highest BCUT2D eigenvalue weighted by Gasteiger charge is 2.15. The summed E-state index contributed by atoms with van der Waals surface area (Å²) in [5, 5.41) is 0.875. The second-order valence-electron chi connectivity index (χ2n) is 3.72. The van der Waals surface area contributed by atoms with Crippen LogP contribution < -0.4 is 5.73 Å². The van der Waals surface area contributed by atoms with E-state index in [1.807, 2.05) is 31.2 Å². The van der Waals surface area contributed by atoms with Crippen LogP contribution in [0.25, 0.3) is 0 Å². The van der Waals surface area contributed by atoms with Crippen molar-refractivity contribution in [1.29, 1.82) is 0 Å². The maximum Gasteiger partial charge on any atom is 0.0503 e. The lowest BCUT2D eigenvalue weighted by Crippen LogP contribution is -2.20. The minimum atomic E-state index is -0.883. The second-order valence-corrected chi connectivity index (χ2v) is 5.85. The lowest BCUT2D eigenvalue weighted by atomic mass is 10.2. The Morgan fingerprint density at radius 3 is 2.69 bits per heavy atom. The van der Waals surface area contributed by atoms with E-state index in [0.29, 0.717) is 17.3 Å². The molecule has 4 heteroatoms. The van der Waals surface area contributed by atoms with Gasteiger partial charge in [0.05, 0.1) is 5.75 Å². The Balaban J connectivity index is 2.66. The van der Waals surface area contributed by atoms with E-state index < -0.39 is 10.8 Å². The molecule has 0 amide bonds. The average Bonchev–Trinajstić information content (AvgIpc) is 2.29. The molecule has 2 N–H and O–H groups in total. The van der Waals surface area contributed by atoms with Crippen molar-refractivity contribution in [3.8, 4) is 0 Å². The molecule has 0 saturated heterocycles. The summed E-state index contributed by atoms with van der Waals surface area (Å²) in [4.78, 5) is 0. The Kier molecular flexibility index (Phi) is 6.03. The molecule has 0 radical (unpaired) electrons. The molecule has 2 unspecified atom stereocenters. The van der Waals surface area contributed by atoms with Crippen molar-refractivity contribution in [2.75, 3.05) is 6.54 Å². The zero-order chi connectivity index (χ0) is 12.0. The van der Waals surface area contributed by atoms with Crippen molar-refractivity contribution in [3.05, 3.63) is 34.9 Å². The molecule has 2 atom stereocenters. The van der Waals surface area contributed by atoms with Crippen LogP contribution in [0.2, 0.25) is 5.02 Å². The first kappa shape index (κ1) is 13.7. The lowest BCUT2D eigenvalue weighted by molar-refractivity contribution is 0.649. The van der Waals surface area contributed by atoms with Gasteiger partial charge in [0.1, 0.15) is 0 Å². The molecule has 0 heterocycles. The molecule has 1 rings (SSSR count). The standard InChI is InChI=1S/C12H18ClNOS/c1-2-11(7-8-14)16(15)9-10-5-3-4-6-12(10)13/h3-6,11H,2,7-9,14H2,1H3. The summed E-state index contributed by atoms with van der Waals surface area (Å²) >= 11 is 6.03. The van der Waals surface area contributed by atoms with E-state index in [4.69, 9.17) is 17.3 Å². The minimum absolute atomic E-state index is 0.182.